The number of ether oxygens (including phenoxy) is 2. The highest BCUT2D eigenvalue weighted by atomic mass is 16.5. The highest BCUT2D eigenvalue weighted by Gasteiger charge is 2.33. The standard InChI is InChI=1S/C21H22N2O4/c1-21(13-19(24)27-3,15-8-6-9-16(12-15)26-2)23-20(25)18-11-14-7-4-5-10-17(14)22-18/h4-12,22H,13H2,1-3H3,(H,23,25). The zero-order chi connectivity index (χ0) is 19.4. The number of amides is 1. The Morgan fingerprint density at radius 3 is 2.56 bits per heavy atom. The molecule has 3 rings (SSSR count). The van der Waals surface area contributed by atoms with E-state index in [1.54, 1.807) is 26.2 Å². The molecule has 0 aliphatic heterocycles. The molecular weight excluding hydrogens is 344 g/mol. The lowest BCUT2D eigenvalue weighted by atomic mass is 9.88. The van der Waals surface area contributed by atoms with Gasteiger partial charge in [0.2, 0.25) is 0 Å². The van der Waals surface area contributed by atoms with E-state index in [1.165, 1.54) is 7.11 Å². The van der Waals surface area contributed by atoms with E-state index in [0.29, 0.717) is 11.4 Å². The summed E-state index contributed by atoms with van der Waals surface area (Å²) >= 11 is 0. The van der Waals surface area contributed by atoms with Gasteiger partial charge in [0, 0.05) is 10.9 Å². The summed E-state index contributed by atoms with van der Waals surface area (Å²) < 4.78 is 10.1. The molecule has 3 aromatic rings. The molecule has 1 amide bonds. The van der Waals surface area contributed by atoms with Crippen molar-refractivity contribution in [2.75, 3.05) is 14.2 Å². The first-order valence-electron chi connectivity index (χ1n) is 8.57. The monoisotopic (exact) mass is 366 g/mol. The van der Waals surface area contributed by atoms with Crippen molar-refractivity contribution in [2.24, 2.45) is 0 Å². The van der Waals surface area contributed by atoms with Crippen LogP contribution in [0.4, 0.5) is 0 Å². The van der Waals surface area contributed by atoms with E-state index in [2.05, 4.69) is 10.3 Å². The molecule has 0 spiro atoms. The Morgan fingerprint density at radius 2 is 1.85 bits per heavy atom. The van der Waals surface area contributed by atoms with Gasteiger partial charge >= 0.3 is 5.97 Å². The smallest absolute Gasteiger partial charge is 0.308 e. The molecule has 1 aromatic heterocycles. The number of rotatable bonds is 6. The average Bonchev–Trinajstić information content (AvgIpc) is 3.12. The first-order chi connectivity index (χ1) is 12.9. The Labute approximate surface area is 157 Å². The molecule has 0 aliphatic carbocycles. The minimum atomic E-state index is -0.962. The number of para-hydroxylation sites is 1. The molecule has 1 unspecified atom stereocenters. The van der Waals surface area contributed by atoms with Crippen LogP contribution in [0, 0.1) is 0 Å². The van der Waals surface area contributed by atoms with Crippen molar-refractivity contribution in [3.8, 4) is 5.75 Å². The summed E-state index contributed by atoms with van der Waals surface area (Å²) in [5, 5.41) is 3.92. The maximum absolute atomic E-state index is 12.9. The van der Waals surface area contributed by atoms with Crippen molar-refractivity contribution in [2.45, 2.75) is 18.9 Å². The molecule has 2 aromatic carbocycles. The van der Waals surface area contributed by atoms with Crippen LogP contribution in [-0.2, 0) is 15.1 Å². The quantitative estimate of drug-likeness (QED) is 0.656. The van der Waals surface area contributed by atoms with Crippen molar-refractivity contribution in [3.63, 3.8) is 0 Å². The first-order valence-corrected chi connectivity index (χ1v) is 8.57. The number of benzene rings is 2. The number of esters is 1. The zero-order valence-corrected chi connectivity index (χ0v) is 15.5. The van der Waals surface area contributed by atoms with E-state index in [-0.39, 0.29) is 12.3 Å². The Kier molecular flexibility index (Phi) is 5.16. The van der Waals surface area contributed by atoms with Crippen LogP contribution < -0.4 is 10.1 Å². The normalized spacial score (nSPS) is 13.0. The SMILES string of the molecule is COC(=O)CC(C)(NC(=O)c1cc2ccccc2[nH]1)c1cccc(OC)c1. The molecule has 0 radical (unpaired) electrons. The maximum atomic E-state index is 12.9. The minimum absolute atomic E-state index is 0.0113. The number of hydrogen-bond acceptors (Lipinski definition) is 4. The Bertz CT molecular complexity index is 946. The summed E-state index contributed by atoms with van der Waals surface area (Å²) in [5.74, 6) is -0.0823. The number of carbonyl (C=O) groups excluding carboxylic acids is 2. The highest BCUT2D eigenvalue weighted by Crippen LogP contribution is 2.29. The molecular formula is C21H22N2O4. The molecule has 0 fully saturated rings. The molecule has 0 aliphatic rings. The number of nitrogens with one attached hydrogen (secondary N) is 2. The molecule has 27 heavy (non-hydrogen) atoms. The fraction of sp³-hybridized carbons (Fsp3) is 0.238. The predicted molar refractivity (Wildman–Crippen MR) is 103 cm³/mol. The third-order valence-electron chi connectivity index (χ3n) is 4.60. The molecule has 0 bridgehead atoms. The fourth-order valence-electron chi connectivity index (χ4n) is 3.06. The van der Waals surface area contributed by atoms with Crippen molar-refractivity contribution >= 4 is 22.8 Å². The summed E-state index contributed by atoms with van der Waals surface area (Å²) in [5.41, 5.74) is 1.08. The summed E-state index contributed by atoms with van der Waals surface area (Å²) in [6, 6.07) is 16.7. The lowest BCUT2D eigenvalue weighted by Gasteiger charge is -2.30. The van der Waals surface area contributed by atoms with Crippen molar-refractivity contribution in [3.05, 3.63) is 65.9 Å². The molecule has 0 saturated carbocycles. The van der Waals surface area contributed by atoms with Gasteiger partial charge < -0.3 is 19.8 Å². The van der Waals surface area contributed by atoms with E-state index in [9.17, 15) is 9.59 Å². The van der Waals surface area contributed by atoms with Gasteiger partial charge in [0.25, 0.3) is 5.91 Å². The summed E-state index contributed by atoms with van der Waals surface area (Å²) in [7, 11) is 2.90. The maximum Gasteiger partial charge on any atom is 0.308 e. The second-order valence-corrected chi connectivity index (χ2v) is 6.54. The molecule has 1 atom stereocenters. The number of aromatic amines is 1. The van der Waals surface area contributed by atoms with Gasteiger partial charge in [-0.05, 0) is 36.8 Å². The highest BCUT2D eigenvalue weighted by molar-refractivity contribution is 5.98. The molecule has 1 heterocycles. The van der Waals surface area contributed by atoms with Crippen LogP contribution >= 0.6 is 0 Å². The summed E-state index contributed by atoms with van der Waals surface area (Å²) in [6.07, 6.45) is -0.0113. The van der Waals surface area contributed by atoms with Gasteiger partial charge in [0.05, 0.1) is 26.2 Å². The Balaban J connectivity index is 1.94. The van der Waals surface area contributed by atoms with E-state index >= 15 is 0 Å². The lowest BCUT2D eigenvalue weighted by Crippen LogP contribution is -2.45. The van der Waals surface area contributed by atoms with E-state index in [4.69, 9.17) is 9.47 Å². The number of hydrogen-bond donors (Lipinski definition) is 2. The van der Waals surface area contributed by atoms with Crippen LogP contribution in [0.5, 0.6) is 5.75 Å². The van der Waals surface area contributed by atoms with E-state index in [0.717, 1.165) is 16.5 Å². The average molecular weight is 366 g/mol. The topological polar surface area (TPSA) is 80.4 Å². The van der Waals surface area contributed by atoms with Crippen LogP contribution in [0.1, 0.15) is 29.4 Å². The van der Waals surface area contributed by atoms with E-state index < -0.39 is 11.5 Å². The second-order valence-electron chi connectivity index (χ2n) is 6.54. The number of methoxy groups -OCH3 is 2. The van der Waals surface area contributed by atoms with Crippen LogP contribution in [0.25, 0.3) is 10.9 Å². The zero-order valence-electron chi connectivity index (χ0n) is 15.5. The number of H-pyrrole nitrogens is 1. The van der Waals surface area contributed by atoms with Gasteiger partial charge in [-0.25, -0.2) is 0 Å². The first kappa shape index (κ1) is 18.5. The minimum Gasteiger partial charge on any atom is -0.497 e. The van der Waals surface area contributed by atoms with E-state index in [1.807, 2.05) is 42.5 Å². The Morgan fingerprint density at radius 1 is 1.07 bits per heavy atom. The van der Waals surface area contributed by atoms with Gasteiger partial charge in [-0.3, -0.25) is 9.59 Å². The van der Waals surface area contributed by atoms with Gasteiger partial charge in [-0.2, -0.15) is 0 Å². The summed E-state index contributed by atoms with van der Waals surface area (Å²) in [4.78, 5) is 28.0. The molecule has 2 N–H and O–H groups in total. The van der Waals surface area contributed by atoms with Crippen LogP contribution in [0.15, 0.2) is 54.6 Å². The molecule has 6 heteroatoms. The largest absolute Gasteiger partial charge is 0.497 e. The van der Waals surface area contributed by atoms with Gasteiger partial charge in [-0.15, -0.1) is 0 Å². The second kappa shape index (κ2) is 7.53. The number of carbonyl (C=O) groups is 2. The molecule has 6 nitrogen and oxygen atoms in total. The lowest BCUT2D eigenvalue weighted by molar-refractivity contribution is -0.142. The molecule has 140 valence electrons. The predicted octanol–water partition coefficient (Wildman–Crippen LogP) is 3.38. The number of fused-ring (bicyclic) bond motifs is 1. The fourth-order valence-corrected chi connectivity index (χ4v) is 3.06. The van der Waals surface area contributed by atoms with Crippen molar-refractivity contribution in [1.82, 2.24) is 10.3 Å². The van der Waals surface area contributed by atoms with Crippen LogP contribution in [0.2, 0.25) is 0 Å². The molecule has 0 saturated heterocycles. The van der Waals surface area contributed by atoms with Crippen LogP contribution in [0.3, 0.4) is 0 Å². The summed E-state index contributed by atoms with van der Waals surface area (Å²) in [6.45, 7) is 1.79. The van der Waals surface area contributed by atoms with Gasteiger partial charge in [0.15, 0.2) is 0 Å². The van der Waals surface area contributed by atoms with Crippen LogP contribution in [-0.4, -0.2) is 31.1 Å². The van der Waals surface area contributed by atoms with Crippen molar-refractivity contribution in [1.29, 1.82) is 0 Å². The number of aromatic nitrogens is 1. The third kappa shape index (κ3) is 3.95. The van der Waals surface area contributed by atoms with Gasteiger partial charge in [0.1, 0.15) is 11.4 Å². The van der Waals surface area contributed by atoms with Crippen molar-refractivity contribution < 1.29 is 19.1 Å². The van der Waals surface area contributed by atoms with Gasteiger partial charge in [-0.1, -0.05) is 30.3 Å². The third-order valence-corrected chi connectivity index (χ3v) is 4.60. The Hall–Kier alpha value is -3.28.